The molecule has 0 saturated carbocycles. The summed E-state index contributed by atoms with van der Waals surface area (Å²) in [6, 6.07) is -1.39. The van der Waals surface area contributed by atoms with Gasteiger partial charge in [-0.3, -0.25) is 4.79 Å². The van der Waals surface area contributed by atoms with Crippen LogP contribution in [0.3, 0.4) is 0 Å². The van der Waals surface area contributed by atoms with E-state index in [2.05, 4.69) is 10.6 Å². The van der Waals surface area contributed by atoms with Crippen LogP contribution in [0.4, 0.5) is 4.79 Å². The second-order valence-corrected chi connectivity index (χ2v) is 6.49. The molecule has 7 nitrogen and oxygen atoms in total. The second-order valence-electron chi connectivity index (χ2n) is 6.49. The van der Waals surface area contributed by atoms with Crippen LogP contribution < -0.4 is 10.6 Å². The van der Waals surface area contributed by atoms with Crippen molar-refractivity contribution in [3.8, 4) is 0 Å². The van der Waals surface area contributed by atoms with E-state index in [9.17, 15) is 19.5 Å². The number of carboxylic acids is 1. The van der Waals surface area contributed by atoms with Gasteiger partial charge in [0.05, 0.1) is 5.92 Å². The lowest BCUT2D eigenvalue weighted by molar-refractivity contribution is -0.142. The quantitative estimate of drug-likeness (QED) is 0.712. The molecule has 7 heteroatoms. The second kappa shape index (κ2) is 6.78. The Morgan fingerprint density at radius 3 is 2.38 bits per heavy atom. The molecule has 1 rings (SSSR count). The molecule has 21 heavy (non-hydrogen) atoms. The Morgan fingerprint density at radius 2 is 1.90 bits per heavy atom. The topological polar surface area (TPSA) is 98.7 Å². The fourth-order valence-electron chi connectivity index (χ4n) is 2.44. The lowest BCUT2D eigenvalue weighted by Crippen LogP contribution is -2.55. The third-order valence-corrected chi connectivity index (χ3v) is 3.71. The van der Waals surface area contributed by atoms with Gasteiger partial charge in [0.25, 0.3) is 0 Å². The summed E-state index contributed by atoms with van der Waals surface area (Å²) >= 11 is 0. The van der Waals surface area contributed by atoms with Gasteiger partial charge in [-0.05, 0) is 18.3 Å². The van der Waals surface area contributed by atoms with E-state index in [0.717, 1.165) is 12.8 Å². The Hall–Kier alpha value is -1.79. The Morgan fingerprint density at radius 1 is 1.29 bits per heavy atom. The number of rotatable bonds is 3. The Bertz CT molecular complexity index is 417. The van der Waals surface area contributed by atoms with E-state index in [0.29, 0.717) is 13.1 Å². The van der Waals surface area contributed by atoms with Crippen LogP contribution in [0.5, 0.6) is 0 Å². The Kier molecular flexibility index (Phi) is 5.57. The number of hydrogen-bond acceptors (Lipinski definition) is 3. The van der Waals surface area contributed by atoms with Gasteiger partial charge in [-0.1, -0.05) is 20.8 Å². The van der Waals surface area contributed by atoms with Crippen molar-refractivity contribution in [2.45, 2.75) is 39.7 Å². The van der Waals surface area contributed by atoms with E-state index >= 15 is 0 Å². The highest BCUT2D eigenvalue weighted by molar-refractivity contribution is 5.84. The fourth-order valence-corrected chi connectivity index (χ4v) is 2.44. The molecule has 3 N–H and O–H groups in total. The molecule has 0 spiro atoms. The molecule has 120 valence electrons. The van der Waals surface area contributed by atoms with Crippen LogP contribution in [0.15, 0.2) is 0 Å². The first-order chi connectivity index (χ1) is 9.66. The maximum atomic E-state index is 12.2. The maximum Gasteiger partial charge on any atom is 0.326 e. The predicted molar refractivity (Wildman–Crippen MR) is 77.8 cm³/mol. The normalized spacial score (nSPS) is 20.6. The lowest BCUT2D eigenvalue weighted by Gasteiger charge is -2.35. The highest BCUT2D eigenvalue weighted by atomic mass is 16.4. The number of urea groups is 1. The minimum atomic E-state index is -1.06. The van der Waals surface area contributed by atoms with Gasteiger partial charge >= 0.3 is 12.0 Å². The van der Waals surface area contributed by atoms with E-state index in [4.69, 9.17) is 0 Å². The summed E-state index contributed by atoms with van der Waals surface area (Å²) in [5.74, 6) is -1.37. The maximum absolute atomic E-state index is 12.2. The summed E-state index contributed by atoms with van der Waals surface area (Å²) in [6.07, 6.45) is 1.48. The van der Waals surface area contributed by atoms with Crippen LogP contribution in [0.25, 0.3) is 0 Å². The van der Waals surface area contributed by atoms with E-state index in [1.165, 1.54) is 4.90 Å². The lowest BCUT2D eigenvalue weighted by atomic mass is 9.87. The molecule has 3 amide bonds. The van der Waals surface area contributed by atoms with E-state index in [1.807, 2.05) is 0 Å². The van der Waals surface area contributed by atoms with Crippen molar-refractivity contribution in [3.63, 3.8) is 0 Å². The summed E-state index contributed by atoms with van der Waals surface area (Å²) in [6.45, 7) is 6.14. The number of hydrogen-bond donors (Lipinski definition) is 3. The number of amides is 3. The zero-order chi connectivity index (χ0) is 16.2. The van der Waals surface area contributed by atoms with Crippen molar-refractivity contribution in [2.24, 2.45) is 11.3 Å². The van der Waals surface area contributed by atoms with Gasteiger partial charge in [-0.15, -0.1) is 0 Å². The van der Waals surface area contributed by atoms with Crippen molar-refractivity contribution >= 4 is 17.9 Å². The van der Waals surface area contributed by atoms with Crippen LogP contribution >= 0.6 is 0 Å². The molecular weight excluding hydrogens is 274 g/mol. The van der Waals surface area contributed by atoms with Crippen LogP contribution in [0, 0.1) is 11.3 Å². The predicted octanol–water partition coefficient (Wildman–Crippen LogP) is 0.653. The zero-order valence-electron chi connectivity index (χ0n) is 13.1. The summed E-state index contributed by atoms with van der Waals surface area (Å²) in [5.41, 5.74) is -0.586. The molecule has 1 aliphatic heterocycles. The van der Waals surface area contributed by atoms with Crippen LogP contribution in [0.1, 0.15) is 33.6 Å². The molecule has 1 unspecified atom stereocenters. The van der Waals surface area contributed by atoms with Gasteiger partial charge < -0.3 is 20.6 Å². The number of piperidine rings is 1. The largest absolute Gasteiger partial charge is 0.480 e. The summed E-state index contributed by atoms with van der Waals surface area (Å²) in [5, 5.41) is 14.4. The number of carbonyl (C=O) groups excluding carboxylic acids is 2. The van der Waals surface area contributed by atoms with E-state index in [1.54, 1.807) is 27.8 Å². The molecule has 0 aliphatic carbocycles. The van der Waals surface area contributed by atoms with Crippen molar-refractivity contribution in [1.29, 1.82) is 0 Å². The molecule has 1 fully saturated rings. The molecular formula is C14H25N3O4. The molecule has 0 aromatic carbocycles. The molecule has 0 aromatic rings. The average molecular weight is 299 g/mol. The van der Waals surface area contributed by atoms with Gasteiger partial charge in [-0.2, -0.15) is 0 Å². The molecule has 1 aliphatic rings. The number of aliphatic carboxylic acids is 1. The van der Waals surface area contributed by atoms with Gasteiger partial charge in [0.15, 0.2) is 0 Å². The highest BCUT2D eigenvalue weighted by Crippen LogP contribution is 2.21. The molecule has 0 bridgehead atoms. The van der Waals surface area contributed by atoms with Crippen LogP contribution in [0.2, 0.25) is 0 Å². The Balaban J connectivity index is 2.70. The summed E-state index contributed by atoms with van der Waals surface area (Å²) in [7, 11) is 1.57. The van der Waals surface area contributed by atoms with Gasteiger partial charge in [0, 0.05) is 20.1 Å². The van der Waals surface area contributed by atoms with Gasteiger partial charge in [-0.25, -0.2) is 9.59 Å². The Labute approximate surface area is 125 Å². The average Bonchev–Trinajstić information content (AvgIpc) is 2.42. The number of nitrogens with one attached hydrogen (secondary N) is 2. The van der Waals surface area contributed by atoms with Crippen molar-refractivity contribution in [2.75, 3.05) is 20.1 Å². The number of carboxylic acid groups (broad SMARTS) is 1. The molecule has 0 radical (unpaired) electrons. The van der Waals surface area contributed by atoms with Crippen molar-refractivity contribution in [3.05, 3.63) is 0 Å². The first-order valence-corrected chi connectivity index (χ1v) is 7.16. The zero-order valence-corrected chi connectivity index (χ0v) is 13.1. The summed E-state index contributed by atoms with van der Waals surface area (Å²) < 4.78 is 0. The molecule has 1 saturated heterocycles. The third kappa shape index (κ3) is 4.61. The first kappa shape index (κ1) is 17.3. The molecule has 0 aromatic heterocycles. The highest BCUT2D eigenvalue weighted by Gasteiger charge is 2.35. The summed E-state index contributed by atoms with van der Waals surface area (Å²) in [4.78, 5) is 36.7. The van der Waals surface area contributed by atoms with Crippen LogP contribution in [-0.4, -0.2) is 54.1 Å². The van der Waals surface area contributed by atoms with Crippen molar-refractivity contribution in [1.82, 2.24) is 15.5 Å². The number of carbonyl (C=O) groups is 3. The number of nitrogens with zero attached hydrogens (tertiary/aromatic N) is 1. The van der Waals surface area contributed by atoms with Gasteiger partial charge in [0.1, 0.15) is 6.04 Å². The van der Waals surface area contributed by atoms with E-state index in [-0.39, 0.29) is 11.8 Å². The first-order valence-electron chi connectivity index (χ1n) is 7.16. The monoisotopic (exact) mass is 299 g/mol. The van der Waals surface area contributed by atoms with Crippen molar-refractivity contribution < 1.29 is 19.5 Å². The number of likely N-dealkylation sites (tertiary alicyclic amines) is 1. The molecule has 1 heterocycles. The molecule has 2 atom stereocenters. The minimum Gasteiger partial charge on any atom is -0.480 e. The third-order valence-electron chi connectivity index (χ3n) is 3.71. The standard InChI is InChI=1S/C14H25N3O4/c1-14(2,3)10(12(19)20)16-13(21)17-7-5-6-9(8-17)11(18)15-4/h9-10H,5-8H2,1-4H3,(H,15,18)(H,16,21)(H,19,20)/t9?,10-/m1/s1. The van der Waals surface area contributed by atoms with Crippen LogP contribution in [-0.2, 0) is 9.59 Å². The smallest absolute Gasteiger partial charge is 0.326 e. The SMILES string of the molecule is CNC(=O)C1CCCN(C(=O)N[C@H](C(=O)O)C(C)(C)C)C1. The minimum absolute atomic E-state index is 0.0851. The van der Waals surface area contributed by atoms with Gasteiger partial charge in [0.2, 0.25) is 5.91 Å². The van der Waals surface area contributed by atoms with E-state index < -0.39 is 23.5 Å². The fraction of sp³-hybridized carbons (Fsp3) is 0.786.